The number of rotatable bonds is 6. The van der Waals surface area contributed by atoms with Crippen molar-refractivity contribution in [3.63, 3.8) is 0 Å². The standard InChI is InChI=1S/C25H30N2O2/c1-17-15-21-19-7-5-8-20(19)25(23-10-9-18(2)29-23)26-22(21)16-24(17)28-14-6-13-27-11-3-4-12-27/h9-10,15-16H,3-8,11-14H2,1-2H3. The van der Waals surface area contributed by atoms with Crippen molar-refractivity contribution in [1.82, 2.24) is 9.88 Å². The molecule has 29 heavy (non-hydrogen) atoms. The molecular weight excluding hydrogens is 360 g/mol. The summed E-state index contributed by atoms with van der Waals surface area (Å²) in [5.41, 5.74) is 6.06. The molecule has 4 nitrogen and oxygen atoms in total. The maximum atomic E-state index is 6.18. The molecule has 5 rings (SSSR count). The molecule has 1 fully saturated rings. The molecule has 0 saturated carbocycles. The van der Waals surface area contributed by atoms with Crippen molar-refractivity contribution >= 4 is 10.9 Å². The van der Waals surface area contributed by atoms with Gasteiger partial charge < -0.3 is 14.1 Å². The predicted molar refractivity (Wildman–Crippen MR) is 117 cm³/mol. The molecule has 3 heterocycles. The second-order valence-electron chi connectivity index (χ2n) is 8.57. The lowest BCUT2D eigenvalue weighted by atomic mass is 10.00. The van der Waals surface area contributed by atoms with Gasteiger partial charge in [0.2, 0.25) is 0 Å². The van der Waals surface area contributed by atoms with E-state index in [1.165, 1.54) is 54.4 Å². The number of nitrogens with zero attached hydrogens (tertiary/aromatic N) is 2. The highest BCUT2D eigenvalue weighted by Crippen LogP contribution is 2.38. The van der Waals surface area contributed by atoms with Crippen LogP contribution in [0.2, 0.25) is 0 Å². The van der Waals surface area contributed by atoms with E-state index in [-0.39, 0.29) is 0 Å². The number of hydrogen-bond donors (Lipinski definition) is 0. The minimum atomic E-state index is 0.762. The molecule has 0 radical (unpaired) electrons. The van der Waals surface area contributed by atoms with Crippen molar-refractivity contribution in [2.24, 2.45) is 0 Å². The molecule has 1 saturated heterocycles. The number of ether oxygens (including phenoxy) is 1. The van der Waals surface area contributed by atoms with E-state index in [1.807, 2.05) is 19.1 Å². The quantitative estimate of drug-likeness (QED) is 0.524. The Morgan fingerprint density at radius 3 is 2.66 bits per heavy atom. The van der Waals surface area contributed by atoms with Crippen molar-refractivity contribution in [3.05, 3.63) is 46.7 Å². The van der Waals surface area contributed by atoms with Crippen molar-refractivity contribution < 1.29 is 9.15 Å². The van der Waals surface area contributed by atoms with Crippen molar-refractivity contribution in [3.8, 4) is 17.2 Å². The predicted octanol–water partition coefficient (Wildman–Crippen LogP) is 5.47. The number of furan rings is 1. The fourth-order valence-corrected chi connectivity index (χ4v) is 4.90. The number of benzene rings is 1. The zero-order chi connectivity index (χ0) is 19.8. The van der Waals surface area contributed by atoms with Gasteiger partial charge in [-0.1, -0.05) is 0 Å². The summed E-state index contributed by atoms with van der Waals surface area (Å²) in [6.45, 7) is 8.54. The Bertz CT molecular complexity index is 1030. The fourth-order valence-electron chi connectivity index (χ4n) is 4.90. The van der Waals surface area contributed by atoms with Crippen LogP contribution >= 0.6 is 0 Å². The van der Waals surface area contributed by atoms with E-state index in [0.29, 0.717) is 0 Å². The van der Waals surface area contributed by atoms with Crippen molar-refractivity contribution in [2.75, 3.05) is 26.2 Å². The Hall–Kier alpha value is -2.33. The van der Waals surface area contributed by atoms with Crippen molar-refractivity contribution in [2.45, 2.75) is 52.4 Å². The molecule has 2 aromatic heterocycles. The van der Waals surface area contributed by atoms with E-state index in [9.17, 15) is 0 Å². The Morgan fingerprint density at radius 2 is 1.86 bits per heavy atom. The van der Waals surface area contributed by atoms with Gasteiger partial charge in [0.15, 0.2) is 5.76 Å². The minimum Gasteiger partial charge on any atom is -0.493 e. The molecule has 1 aromatic carbocycles. The van der Waals surface area contributed by atoms with Crippen LogP contribution in [0.15, 0.2) is 28.7 Å². The summed E-state index contributed by atoms with van der Waals surface area (Å²) >= 11 is 0. The average molecular weight is 391 g/mol. The summed E-state index contributed by atoms with van der Waals surface area (Å²) in [5, 5.41) is 1.28. The second kappa shape index (κ2) is 7.83. The number of pyridine rings is 1. The lowest BCUT2D eigenvalue weighted by molar-refractivity contribution is 0.262. The number of fused-ring (bicyclic) bond motifs is 3. The lowest BCUT2D eigenvalue weighted by Crippen LogP contribution is -2.21. The Labute approximate surface area is 172 Å². The zero-order valence-electron chi connectivity index (χ0n) is 17.6. The van der Waals surface area contributed by atoms with Gasteiger partial charge in [0.25, 0.3) is 0 Å². The van der Waals surface area contributed by atoms with E-state index in [0.717, 1.165) is 60.9 Å². The highest BCUT2D eigenvalue weighted by Gasteiger charge is 2.23. The molecule has 1 aliphatic carbocycles. The van der Waals surface area contributed by atoms with E-state index in [2.05, 4.69) is 24.0 Å². The van der Waals surface area contributed by atoms with Crippen LogP contribution in [0.25, 0.3) is 22.4 Å². The van der Waals surface area contributed by atoms with Gasteiger partial charge in [0.05, 0.1) is 12.1 Å². The molecule has 0 bridgehead atoms. The molecule has 0 N–H and O–H groups in total. The largest absolute Gasteiger partial charge is 0.493 e. The molecule has 0 atom stereocenters. The van der Waals surface area contributed by atoms with Crippen LogP contribution in [0.3, 0.4) is 0 Å². The second-order valence-corrected chi connectivity index (χ2v) is 8.57. The van der Waals surface area contributed by atoms with Gasteiger partial charge in [-0.3, -0.25) is 0 Å². The normalized spacial score (nSPS) is 16.6. The summed E-state index contributed by atoms with van der Waals surface area (Å²) in [5.74, 6) is 2.78. The van der Waals surface area contributed by atoms with Gasteiger partial charge in [0, 0.05) is 18.0 Å². The zero-order valence-corrected chi connectivity index (χ0v) is 17.6. The van der Waals surface area contributed by atoms with Gasteiger partial charge in [-0.2, -0.15) is 0 Å². The van der Waals surface area contributed by atoms with E-state index in [1.54, 1.807) is 0 Å². The molecule has 2 aliphatic rings. The number of aromatic nitrogens is 1. The first-order valence-electron chi connectivity index (χ1n) is 11.1. The SMILES string of the molecule is Cc1ccc(-c2nc3cc(OCCCN4CCCC4)c(C)cc3c3c2CCC3)o1. The molecule has 0 amide bonds. The summed E-state index contributed by atoms with van der Waals surface area (Å²) in [6, 6.07) is 8.48. The van der Waals surface area contributed by atoms with Crippen molar-refractivity contribution in [1.29, 1.82) is 0 Å². The molecular formula is C25H30N2O2. The van der Waals surface area contributed by atoms with Crippen LogP contribution in [0.4, 0.5) is 0 Å². The molecule has 1 aliphatic heterocycles. The third-order valence-electron chi connectivity index (χ3n) is 6.40. The molecule has 0 unspecified atom stereocenters. The van der Waals surface area contributed by atoms with Gasteiger partial charge in [-0.15, -0.1) is 0 Å². The Kier molecular flexibility index (Phi) is 5.04. The summed E-state index contributed by atoms with van der Waals surface area (Å²) < 4.78 is 12.1. The highest BCUT2D eigenvalue weighted by molar-refractivity contribution is 5.89. The van der Waals surface area contributed by atoms with E-state index >= 15 is 0 Å². The fraction of sp³-hybridized carbons (Fsp3) is 0.480. The van der Waals surface area contributed by atoms with Gasteiger partial charge in [0.1, 0.15) is 17.2 Å². The molecule has 0 spiro atoms. The third-order valence-corrected chi connectivity index (χ3v) is 6.40. The topological polar surface area (TPSA) is 38.5 Å². The highest BCUT2D eigenvalue weighted by atomic mass is 16.5. The van der Waals surface area contributed by atoms with Crippen LogP contribution in [0.1, 0.15) is 48.1 Å². The van der Waals surface area contributed by atoms with Crippen LogP contribution in [0, 0.1) is 13.8 Å². The summed E-state index contributed by atoms with van der Waals surface area (Å²) in [7, 11) is 0. The van der Waals surface area contributed by atoms with Crippen LogP contribution in [0.5, 0.6) is 5.75 Å². The van der Waals surface area contributed by atoms with Crippen LogP contribution in [-0.4, -0.2) is 36.1 Å². The van der Waals surface area contributed by atoms with Gasteiger partial charge in [-0.05, 0) is 100 Å². The van der Waals surface area contributed by atoms with Gasteiger partial charge >= 0.3 is 0 Å². The van der Waals surface area contributed by atoms with E-state index in [4.69, 9.17) is 14.1 Å². The Balaban J connectivity index is 1.43. The first-order chi connectivity index (χ1) is 14.2. The monoisotopic (exact) mass is 390 g/mol. The first-order valence-corrected chi connectivity index (χ1v) is 11.1. The van der Waals surface area contributed by atoms with Crippen LogP contribution in [-0.2, 0) is 12.8 Å². The molecule has 3 aromatic rings. The molecule has 4 heteroatoms. The molecule has 152 valence electrons. The minimum absolute atomic E-state index is 0.762. The van der Waals surface area contributed by atoms with Crippen LogP contribution < -0.4 is 4.74 Å². The number of hydrogen-bond acceptors (Lipinski definition) is 4. The lowest BCUT2D eigenvalue weighted by Gasteiger charge is -2.16. The van der Waals surface area contributed by atoms with Gasteiger partial charge in [-0.25, -0.2) is 4.98 Å². The first kappa shape index (κ1) is 18.7. The number of aryl methyl sites for hydroxylation is 3. The third kappa shape index (κ3) is 3.66. The summed E-state index contributed by atoms with van der Waals surface area (Å²) in [6.07, 6.45) is 7.16. The maximum Gasteiger partial charge on any atom is 0.152 e. The smallest absolute Gasteiger partial charge is 0.152 e. The summed E-state index contributed by atoms with van der Waals surface area (Å²) in [4.78, 5) is 7.58. The van der Waals surface area contributed by atoms with E-state index < -0.39 is 0 Å². The number of likely N-dealkylation sites (tertiary alicyclic amines) is 1. The average Bonchev–Trinajstić information content (AvgIpc) is 3.47. The maximum absolute atomic E-state index is 6.18. The Morgan fingerprint density at radius 1 is 1.03 bits per heavy atom.